The second-order valence-corrected chi connectivity index (χ2v) is 10.7. The molecule has 0 spiro atoms. The molecule has 4 heterocycles. The van der Waals surface area contributed by atoms with Crippen molar-refractivity contribution >= 4 is 37.4 Å². The number of rotatable bonds is 4. The van der Waals surface area contributed by atoms with E-state index < -0.39 is 14.6 Å². The Kier molecular flexibility index (Phi) is 4.01. The van der Waals surface area contributed by atoms with Gasteiger partial charge in [-0.3, -0.25) is 5.10 Å². The van der Waals surface area contributed by atoms with Crippen molar-refractivity contribution in [1.29, 1.82) is 0 Å². The minimum absolute atomic E-state index is 0.169. The molecule has 28 heavy (non-hydrogen) atoms. The number of hydrogen-bond donors (Lipinski definition) is 1. The molecule has 0 radical (unpaired) electrons. The monoisotopic (exact) mass is 419 g/mol. The Hall–Kier alpha value is -2.04. The lowest BCUT2D eigenvalue weighted by Crippen LogP contribution is -2.44. The minimum Gasteiger partial charge on any atom is -0.377 e. The van der Waals surface area contributed by atoms with Crippen molar-refractivity contribution in [3.05, 3.63) is 23.9 Å². The first-order valence-corrected chi connectivity index (χ1v) is 11.9. The van der Waals surface area contributed by atoms with Crippen LogP contribution in [0.2, 0.25) is 0 Å². The van der Waals surface area contributed by atoms with Gasteiger partial charge in [-0.15, -0.1) is 0 Å². The summed E-state index contributed by atoms with van der Waals surface area (Å²) in [6, 6.07) is 3.98. The van der Waals surface area contributed by atoms with Crippen LogP contribution >= 0.6 is 11.5 Å². The Bertz CT molecular complexity index is 1140. The van der Waals surface area contributed by atoms with Crippen LogP contribution in [0.5, 0.6) is 0 Å². The standard InChI is InChI=1S/C18H21N5O3S2/c1-11-10-26-8-7-23(11)14-9-12(18(4-5-18)28(2,24)25)17-16(20-14)15(22-27-17)13-3-6-19-21-13/h3,6,9,11H,4-5,7-8,10H2,1-2H3,(H,19,21). The van der Waals surface area contributed by atoms with Crippen LogP contribution in [0.15, 0.2) is 18.3 Å². The number of fused-ring (bicyclic) bond motifs is 1. The summed E-state index contributed by atoms with van der Waals surface area (Å²) in [4.78, 5) is 7.12. The van der Waals surface area contributed by atoms with Gasteiger partial charge in [0.1, 0.15) is 17.0 Å². The quantitative estimate of drug-likeness (QED) is 0.693. The van der Waals surface area contributed by atoms with E-state index in [4.69, 9.17) is 9.72 Å². The lowest BCUT2D eigenvalue weighted by atomic mass is 10.1. The fourth-order valence-corrected chi connectivity index (χ4v) is 6.40. The molecular weight excluding hydrogens is 398 g/mol. The summed E-state index contributed by atoms with van der Waals surface area (Å²) in [5.74, 6) is 0.786. The van der Waals surface area contributed by atoms with Crippen LogP contribution in [0.3, 0.4) is 0 Å². The van der Waals surface area contributed by atoms with Gasteiger partial charge in [0.2, 0.25) is 0 Å². The number of nitrogens with zero attached hydrogens (tertiary/aromatic N) is 4. The molecule has 0 aromatic carbocycles. The third-order valence-corrected chi connectivity index (χ3v) is 8.65. The number of hydrogen-bond acceptors (Lipinski definition) is 8. The van der Waals surface area contributed by atoms with Gasteiger partial charge in [0, 0.05) is 19.0 Å². The van der Waals surface area contributed by atoms with E-state index in [1.165, 1.54) is 17.8 Å². The maximum atomic E-state index is 12.7. The molecule has 1 N–H and O–H groups in total. The van der Waals surface area contributed by atoms with Gasteiger partial charge in [-0.25, -0.2) is 13.4 Å². The Labute approximate surface area is 167 Å². The van der Waals surface area contributed by atoms with Gasteiger partial charge in [-0.2, -0.15) is 9.47 Å². The van der Waals surface area contributed by atoms with E-state index in [1.54, 1.807) is 6.20 Å². The second-order valence-electron chi connectivity index (χ2n) is 7.59. The highest BCUT2D eigenvalue weighted by Crippen LogP contribution is 2.55. The number of ether oxygens (including phenoxy) is 1. The molecule has 0 bridgehead atoms. The predicted octanol–water partition coefficient (Wildman–Crippen LogP) is 2.34. The maximum Gasteiger partial charge on any atom is 0.157 e. The zero-order valence-corrected chi connectivity index (χ0v) is 17.3. The largest absolute Gasteiger partial charge is 0.377 e. The fourth-order valence-electron chi connectivity index (χ4n) is 3.98. The number of pyridine rings is 1. The Morgan fingerprint density at radius 3 is 2.86 bits per heavy atom. The normalized spacial score (nSPS) is 21.9. The molecule has 1 unspecified atom stereocenters. The molecule has 1 aliphatic heterocycles. The first kappa shape index (κ1) is 18.0. The van der Waals surface area contributed by atoms with Gasteiger partial charge in [0.25, 0.3) is 0 Å². The molecule has 1 aliphatic carbocycles. The third kappa shape index (κ3) is 2.66. The van der Waals surface area contributed by atoms with Crippen molar-refractivity contribution in [3.63, 3.8) is 0 Å². The highest BCUT2D eigenvalue weighted by Gasteiger charge is 2.55. The number of nitrogens with one attached hydrogen (secondary N) is 1. The van der Waals surface area contributed by atoms with Gasteiger partial charge in [0.05, 0.1) is 34.4 Å². The molecule has 5 rings (SSSR count). The molecule has 1 saturated heterocycles. The number of aromatic nitrogens is 4. The molecule has 0 amide bonds. The van der Waals surface area contributed by atoms with Crippen LogP contribution in [0, 0.1) is 0 Å². The van der Waals surface area contributed by atoms with Crippen LogP contribution in [0.25, 0.3) is 21.6 Å². The Balaban J connectivity index is 1.76. The lowest BCUT2D eigenvalue weighted by Gasteiger charge is -2.34. The molecule has 2 fully saturated rings. The van der Waals surface area contributed by atoms with E-state index in [-0.39, 0.29) is 6.04 Å². The Morgan fingerprint density at radius 2 is 2.21 bits per heavy atom. The number of H-pyrrole nitrogens is 1. The van der Waals surface area contributed by atoms with Crippen LogP contribution in [0.4, 0.5) is 5.82 Å². The zero-order valence-electron chi connectivity index (χ0n) is 15.7. The Morgan fingerprint density at radius 1 is 1.39 bits per heavy atom. The summed E-state index contributed by atoms with van der Waals surface area (Å²) >= 11 is 1.31. The van der Waals surface area contributed by atoms with Crippen molar-refractivity contribution in [2.45, 2.75) is 30.6 Å². The average Bonchev–Trinajstić information content (AvgIpc) is 3.11. The maximum absolute atomic E-state index is 12.7. The van der Waals surface area contributed by atoms with Crippen LogP contribution in [0.1, 0.15) is 25.3 Å². The first-order valence-electron chi connectivity index (χ1n) is 9.25. The molecule has 3 aromatic rings. The molecule has 148 valence electrons. The van der Waals surface area contributed by atoms with Crippen LogP contribution < -0.4 is 4.90 Å². The number of sulfone groups is 1. The molecule has 2 aliphatic rings. The topological polar surface area (TPSA) is 101 Å². The van der Waals surface area contributed by atoms with E-state index >= 15 is 0 Å². The number of aromatic amines is 1. The summed E-state index contributed by atoms with van der Waals surface area (Å²) < 4.78 is 35.5. The number of anilines is 1. The smallest absolute Gasteiger partial charge is 0.157 e. The second kappa shape index (κ2) is 6.23. The minimum atomic E-state index is -3.25. The molecule has 3 aromatic heterocycles. The van der Waals surface area contributed by atoms with Crippen molar-refractivity contribution in [1.82, 2.24) is 19.6 Å². The molecular formula is C18H21N5O3S2. The highest BCUT2D eigenvalue weighted by atomic mass is 32.2. The summed E-state index contributed by atoms with van der Waals surface area (Å²) in [5.41, 5.74) is 3.05. The first-order chi connectivity index (χ1) is 13.4. The average molecular weight is 420 g/mol. The fraction of sp³-hybridized carbons (Fsp3) is 0.500. The predicted molar refractivity (Wildman–Crippen MR) is 108 cm³/mol. The van der Waals surface area contributed by atoms with Crippen molar-refractivity contribution in [2.24, 2.45) is 0 Å². The lowest BCUT2D eigenvalue weighted by molar-refractivity contribution is 0.0985. The van der Waals surface area contributed by atoms with E-state index in [0.717, 1.165) is 33.8 Å². The summed E-state index contributed by atoms with van der Waals surface area (Å²) in [6.07, 6.45) is 4.29. The van der Waals surface area contributed by atoms with Crippen molar-refractivity contribution < 1.29 is 13.2 Å². The third-order valence-electron chi connectivity index (χ3n) is 5.73. The summed E-state index contributed by atoms with van der Waals surface area (Å²) in [5, 5.41) is 6.97. The van der Waals surface area contributed by atoms with E-state index in [9.17, 15) is 8.42 Å². The van der Waals surface area contributed by atoms with Gasteiger partial charge in [-0.1, -0.05) is 0 Å². The molecule has 1 saturated carbocycles. The van der Waals surface area contributed by atoms with Gasteiger partial charge < -0.3 is 9.64 Å². The zero-order chi connectivity index (χ0) is 19.5. The van der Waals surface area contributed by atoms with E-state index in [1.807, 2.05) is 12.1 Å². The van der Waals surface area contributed by atoms with Crippen LogP contribution in [-0.2, 0) is 19.3 Å². The van der Waals surface area contributed by atoms with Crippen molar-refractivity contribution in [2.75, 3.05) is 30.9 Å². The van der Waals surface area contributed by atoms with E-state index in [0.29, 0.717) is 31.7 Å². The molecule has 10 heteroatoms. The van der Waals surface area contributed by atoms with E-state index in [2.05, 4.69) is 26.4 Å². The molecule has 8 nitrogen and oxygen atoms in total. The van der Waals surface area contributed by atoms with Gasteiger partial charge >= 0.3 is 0 Å². The number of morpholine rings is 1. The van der Waals surface area contributed by atoms with Gasteiger partial charge in [-0.05, 0) is 49.0 Å². The SMILES string of the molecule is CC1COCCN1c1cc(C2(S(C)(=O)=O)CC2)c2snc(-c3ccn[nH]3)c2n1. The molecule has 1 atom stereocenters. The summed E-state index contributed by atoms with van der Waals surface area (Å²) in [7, 11) is -3.25. The summed E-state index contributed by atoms with van der Waals surface area (Å²) in [6.45, 7) is 4.07. The highest BCUT2D eigenvalue weighted by molar-refractivity contribution is 7.92. The van der Waals surface area contributed by atoms with Crippen LogP contribution in [-0.4, -0.2) is 60.0 Å². The van der Waals surface area contributed by atoms with Crippen molar-refractivity contribution in [3.8, 4) is 11.4 Å². The van der Waals surface area contributed by atoms with Gasteiger partial charge in [0.15, 0.2) is 9.84 Å².